The summed E-state index contributed by atoms with van der Waals surface area (Å²) in [5.41, 5.74) is 13.5. The summed E-state index contributed by atoms with van der Waals surface area (Å²) in [6.07, 6.45) is 2.49. The van der Waals surface area contributed by atoms with Crippen LogP contribution in [-0.4, -0.2) is 41.2 Å². The zero-order valence-electron chi connectivity index (χ0n) is 15.3. The zero-order valence-corrected chi connectivity index (χ0v) is 15.3. The lowest BCUT2D eigenvalue weighted by atomic mass is 10.0. The second kappa shape index (κ2) is 7.79. The minimum atomic E-state index is -0.557. The number of carbonyl (C=O) groups excluding carboxylic acids is 1. The number of hydrogen-bond acceptors (Lipinski definition) is 7. The summed E-state index contributed by atoms with van der Waals surface area (Å²) in [6, 6.07) is 13.1. The fourth-order valence-electron chi connectivity index (χ4n) is 3.24. The number of pyridine rings is 2. The van der Waals surface area contributed by atoms with Crippen molar-refractivity contribution in [3.8, 4) is 0 Å². The number of anilines is 3. The van der Waals surface area contributed by atoms with E-state index >= 15 is 0 Å². The van der Waals surface area contributed by atoms with Gasteiger partial charge in [0.2, 0.25) is 0 Å². The summed E-state index contributed by atoms with van der Waals surface area (Å²) in [7, 11) is 0. The minimum absolute atomic E-state index is 0.0517. The Labute approximate surface area is 162 Å². The monoisotopic (exact) mass is 378 g/mol. The summed E-state index contributed by atoms with van der Waals surface area (Å²) in [5, 5.41) is 7.48. The topological polar surface area (TPSA) is 128 Å². The van der Waals surface area contributed by atoms with Crippen LogP contribution in [0.1, 0.15) is 16.8 Å². The predicted octanol–water partition coefficient (Wildman–Crippen LogP) is 2.00. The lowest BCUT2D eigenvalue weighted by Crippen LogP contribution is -2.47. The van der Waals surface area contributed by atoms with E-state index in [-0.39, 0.29) is 12.1 Å². The van der Waals surface area contributed by atoms with Crippen LogP contribution in [0.2, 0.25) is 0 Å². The van der Waals surface area contributed by atoms with Gasteiger partial charge in [0.05, 0.1) is 29.6 Å². The van der Waals surface area contributed by atoms with E-state index in [1.807, 2.05) is 30.3 Å². The number of fused-ring (bicyclic) bond motifs is 1. The highest BCUT2D eigenvalue weighted by atomic mass is 16.5. The molecule has 1 fully saturated rings. The predicted molar refractivity (Wildman–Crippen MR) is 109 cm³/mol. The molecule has 1 saturated heterocycles. The Kier molecular flexibility index (Phi) is 5.05. The molecule has 1 aromatic carbocycles. The van der Waals surface area contributed by atoms with Crippen LogP contribution in [0.4, 0.5) is 17.3 Å². The molecule has 0 aliphatic carbocycles. The van der Waals surface area contributed by atoms with Crippen LogP contribution < -0.4 is 22.1 Å². The summed E-state index contributed by atoms with van der Waals surface area (Å²) in [6.45, 7) is 1.16. The van der Waals surface area contributed by atoms with Gasteiger partial charge in [0, 0.05) is 24.1 Å². The second-order valence-corrected chi connectivity index (χ2v) is 6.78. The molecule has 0 saturated carbocycles. The lowest BCUT2D eigenvalue weighted by Gasteiger charge is -2.29. The Morgan fingerprint density at radius 3 is 2.89 bits per heavy atom. The number of nitrogens with one attached hydrogen (secondary N) is 2. The van der Waals surface area contributed by atoms with Gasteiger partial charge >= 0.3 is 0 Å². The number of nitrogens with zero attached hydrogens (tertiary/aromatic N) is 2. The average Bonchev–Trinajstić information content (AvgIpc) is 2.70. The van der Waals surface area contributed by atoms with Gasteiger partial charge in [0.1, 0.15) is 11.6 Å². The van der Waals surface area contributed by atoms with Gasteiger partial charge in [-0.2, -0.15) is 0 Å². The van der Waals surface area contributed by atoms with Gasteiger partial charge in [-0.3, -0.25) is 9.78 Å². The Hall–Kier alpha value is -3.23. The normalized spacial score (nSPS) is 19.3. The molecule has 1 amide bonds. The number of benzene rings is 1. The van der Waals surface area contributed by atoms with E-state index < -0.39 is 5.91 Å². The molecule has 0 unspecified atom stereocenters. The first-order chi connectivity index (χ1) is 13.6. The molecule has 0 spiro atoms. The molecule has 0 radical (unpaired) electrons. The summed E-state index contributed by atoms with van der Waals surface area (Å²) in [4.78, 5) is 20.8. The molecule has 6 N–H and O–H groups in total. The lowest BCUT2D eigenvalue weighted by molar-refractivity contribution is 0.0752. The number of aromatic nitrogens is 2. The molecule has 3 heterocycles. The maximum absolute atomic E-state index is 11.8. The van der Waals surface area contributed by atoms with Crippen molar-refractivity contribution in [2.45, 2.75) is 18.5 Å². The van der Waals surface area contributed by atoms with Crippen LogP contribution >= 0.6 is 0 Å². The van der Waals surface area contributed by atoms with Gasteiger partial charge in [0.25, 0.3) is 5.91 Å². The van der Waals surface area contributed by atoms with Crippen LogP contribution in [0.25, 0.3) is 10.9 Å². The Morgan fingerprint density at radius 1 is 1.21 bits per heavy atom. The standard InChI is InChI=1S/C20H22N6O2/c21-15-11-28-8-7-17(15)25-18-6-5-14(19(22)27)20(26-18)24-13-9-12-3-1-2-4-16(12)23-10-13/h1-6,9-10,15,17H,7-8,11,21H2,(H2,22,27)(H2,24,25,26)/t15-,17+/m0/s1. The van der Waals surface area contributed by atoms with Gasteiger partial charge in [-0.1, -0.05) is 18.2 Å². The van der Waals surface area contributed by atoms with Gasteiger partial charge in [-0.15, -0.1) is 0 Å². The number of rotatable bonds is 5. The zero-order chi connectivity index (χ0) is 19.5. The maximum Gasteiger partial charge on any atom is 0.252 e. The van der Waals surface area contributed by atoms with Crippen molar-refractivity contribution in [1.82, 2.24) is 9.97 Å². The smallest absolute Gasteiger partial charge is 0.252 e. The van der Waals surface area contributed by atoms with E-state index in [0.29, 0.717) is 36.1 Å². The summed E-state index contributed by atoms with van der Waals surface area (Å²) >= 11 is 0. The van der Waals surface area contributed by atoms with Crippen molar-refractivity contribution >= 4 is 34.1 Å². The minimum Gasteiger partial charge on any atom is -0.380 e. The molecule has 8 nitrogen and oxygen atoms in total. The summed E-state index contributed by atoms with van der Waals surface area (Å²) in [5.74, 6) is 0.428. The number of nitrogens with two attached hydrogens (primary N) is 2. The van der Waals surface area contributed by atoms with Crippen LogP contribution in [0, 0.1) is 0 Å². The van der Waals surface area contributed by atoms with E-state index in [2.05, 4.69) is 20.6 Å². The fourth-order valence-corrected chi connectivity index (χ4v) is 3.24. The molecule has 144 valence electrons. The molecule has 2 aromatic heterocycles. The molecule has 1 aliphatic rings. The SMILES string of the molecule is NC(=O)c1ccc(N[C@@H]2CCOC[C@@H]2N)nc1Nc1cnc2ccccc2c1. The molecule has 0 bridgehead atoms. The first kappa shape index (κ1) is 18.1. The number of primary amides is 1. The van der Waals surface area contributed by atoms with Crippen LogP contribution in [0.5, 0.6) is 0 Å². The molecule has 3 aromatic rings. The molecule has 28 heavy (non-hydrogen) atoms. The second-order valence-electron chi connectivity index (χ2n) is 6.78. The van der Waals surface area contributed by atoms with Gasteiger partial charge in [-0.05, 0) is 30.7 Å². The molecular formula is C20H22N6O2. The number of ether oxygens (including phenoxy) is 1. The number of amides is 1. The van der Waals surface area contributed by atoms with Gasteiger partial charge in [-0.25, -0.2) is 4.98 Å². The first-order valence-corrected chi connectivity index (χ1v) is 9.13. The largest absolute Gasteiger partial charge is 0.380 e. The molecule has 4 rings (SSSR count). The third-order valence-electron chi connectivity index (χ3n) is 4.75. The van der Waals surface area contributed by atoms with Crippen molar-refractivity contribution in [2.24, 2.45) is 11.5 Å². The highest BCUT2D eigenvalue weighted by molar-refractivity contribution is 5.98. The van der Waals surface area contributed by atoms with E-state index in [1.165, 1.54) is 0 Å². The van der Waals surface area contributed by atoms with Crippen molar-refractivity contribution in [2.75, 3.05) is 23.8 Å². The number of hydrogen-bond donors (Lipinski definition) is 4. The molecule has 1 aliphatic heterocycles. The van der Waals surface area contributed by atoms with Crippen LogP contribution in [-0.2, 0) is 4.74 Å². The number of carbonyl (C=O) groups is 1. The van der Waals surface area contributed by atoms with Crippen molar-refractivity contribution in [1.29, 1.82) is 0 Å². The third kappa shape index (κ3) is 3.88. The number of para-hydroxylation sites is 1. The van der Waals surface area contributed by atoms with Gasteiger partial charge < -0.3 is 26.8 Å². The van der Waals surface area contributed by atoms with Crippen LogP contribution in [0.3, 0.4) is 0 Å². The molecular weight excluding hydrogens is 356 g/mol. The molecule has 2 atom stereocenters. The summed E-state index contributed by atoms with van der Waals surface area (Å²) < 4.78 is 5.37. The fraction of sp³-hybridized carbons (Fsp3) is 0.250. The average molecular weight is 378 g/mol. The van der Waals surface area contributed by atoms with E-state index in [0.717, 1.165) is 17.3 Å². The van der Waals surface area contributed by atoms with Crippen molar-refractivity contribution in [3.63, 3.8) is 0 Å². The maximum atomic E-state index is 11.8. The highest BCUT2D eigenvalue weighted by Gasteiger charge is 2.23. The van der Waals surface area contributed by atoms with E-state index in [1.54, 1.807) is 18.3 Å². The van der Waals surface area contributed by atoms with E-state index in [9.17, 15) is 4.79 Å². The quantitative estimate of drug-likeness (QED) is 0.534. The Balaban J connectivity index is 1.62. The van der Waals surface area contributed by atoms with Crippen molar-refractivity contribution < 1.29 is 9.53 Å². The Bertz CT molecular complexity index is 1010. The van der Waals surface area contributed by atoms with Crippen molar-refractivity contribution in [3.05, 3.63) is 54.2 Å². The van der Waals surface area contributed by atoms with Crippen LogP contribution in [0.15, 0.2) is 48.7 Å². The van der Waals surface area contributed by atoms with E-state index in [4.69, 9.17) is 16.2 Å². The first-order valence-electron chi connectivity index (χ1n) is 9.13. The third-order valence-corrected chi connectivity index (χ3v) is 4.75. The molecule has 8 heteroatoms. The highest BCUT2D eigenvalue weighted by Crippen LogP contribution is 2.24. The van der Waals surface area contributed by atoms with Gasteiger partial charge in [0.15, 0.2) is 0 Å². The Morgan fingerprint density at radius 2 is 2.07 bits per heavy atom.